The molecule has 2 aromatic carbocycles. The lowest BCUT2D eigenvalue weighted by molar-refractivity contribution is -0.125. The molecule has 0 saturated heterocycles. The van der Waals surface area contributed by atoms with E-state index in [1.54, 1.807) is 48.5 Å². The van der Waals surface area contributed by atoms with Crippen molar-refractivity contribution in [2.45, 2.75) is 37.6 Å². The highest BCUT2D eigenvalue weighted by atomic mass is 16.5. The first-order chi connectivity index (χ1) is 14.5. The van der Waals surface area contributed by atoms with Crippen LogP contribution in [0.25, 0.3) is 0 Å². The number of para-hydroxylation sites is 1. The predicted molar refractivity (Wildman–Crippen MR) is 111 cm³/mol. The molecule has 2 N–H and O–H groups in total. The van der Waals surface area contributed by atoms with Crippen molar-refractivity contribution in [1.29, 1.82) is 5.26 Å². The molecule has 2 aromatic rings. The van der Waals surface area contributed by atoms with Crippen LogP contribution in [0.5, 0.6) is 0 Å². The molecular weight excluding hydrogens is 382 g/mol. The van der Waals surface area contributed by atoms with Gasteiger partial charge in [-0.1, -0.05) is 49.6 Å². The Morgan fingerprint density at radius 2 is 1.63 bits per heavy atom. The second kappa shape index (κ2) is 9.70. The minimum absolute atomic E-state index is 0.141. The molecule has 0 radical (unpaired) electrons. The minimum Gasteiger partial charge on any atom is -0.452 e. The Balaban J connectivity index is 1.61. The molecule has 0 aliphatic heterocycles. The van der Waals surface area contributed by atoms with Crippen LogP contribution in [0.15, 0.2) is 54.6 Å². The first-order valence-corrected chi connectivity index (χ1v) is 9.88. The van der Waals surface area contributed by atoms with Gasteiger partial charge in [0.25, 0.3) is 11.8 Å². The second-order valence-corrected chi connectivity index (χ2v) is 7.24. The summed E-state index contributed by atoms with van der Waals surface area (Å²) >= 11 is 0. The summed E-state index contributed by atoms with van der Waals surface area (Å²) < 4.78 is 5.14. The zero-order chi connectivity index (χ0) is 21.4. The van der Waals surface area contributed by atoms with Gasteiger partial charge in [-0.2, -0.15) is 5.26 Å². The van der Waals surface area contributed by atoms with Gasteiger partial charge in [0.05, 0.1) is 17.3 Å². The molecule has 154 valence electrons. The van der Waals surface area contributed by atoms with Crippen LogP contribution in [0.3, 0.4) is 0 Å². The van der Waals surface area contributed by atoms with E-state index in [1.807, 2.05) is 0 Å². The maximum Gasteiger partial charge on any atom is 0.340 e. The van der Waals surface area contributed by atoms with E-state index in [4.69, 9.17) is 4.74 Å². The molecule has 1 aliphatic carbocycles. The van der Waals surface area contributed by atoms with Crippen LogP contribution in [0.2, 0.25) is 0 Å². The molecule has 0 aromatic heterocycles. The molecular formula is C23H23N3O4. The highest BCUT2D eigenvalue weighted by molar-refractivity contribution is 6.08. The molecule has 2 amide bonds. The maximum absolute atomic E-state index is 12.5. The Hall–Kier alpha value is -3.66. The van der Waals surface area contributed by atoms with Crippen molar-refractivity contribution in [3.63, 3.8) is 0 Å². The number of benzene rings is 2. The third kappa shape index (κ3) is 5.23. The number of anilines is 1. The summed E-state index contributed by atoms with van der Waals surface area (Å²) in [6, 6.07) is 17.2. The number of hydrogen-bond donors (Lipinski definition) is 2. The fourth-order valence-electron chi connectivity index (χ4n) is 3.49. The lowest BCUT2D eigenvalue weighted by Crippen LogP contribution is -2.50. The first kappa shape index (κ1) is 21.1. The predicted octanol–water partition coefficient (Wildman–Crippen LogP) is 3.44. The monoisotopic (exact) mass is 405 g/mol. The third-order valence-electron chi connectivity index (χ3n) is 5.07. The number of hydrogen-bond acceptors (Lipinski definition) is 5. The van der Waals surface area contributed by atoms with Gasteiger partial charge < -0.3 is 15.4 Å². The Bertz CT molecular complexity index is 960. The molecule has 1 aliphatic rings. The lowest BCUT2D eigenvalue weighted by Gasteiger charge is -2.31. The minimum atomic E-state index is -0.886. The Kier molecular flexibility index (Phi) is 6.81. The van der Waals surface area contributed by atoms with Crippen LogP contribution in [-0.2, 0) is 9.53 Å². The quantitative estimate of drug-likeness (QED) is 0.716. The summed E-state index contributed by atoms with van der Waals surface area (Å²) in [6.07, 6.45) is 3.99. The van der Waals surface area contributed by atoms with E-state index in [0.29, 0.717) is 18.4 Å². The van der Waals surface area contributed by atoms with E-state index < -0.39 is 24.0 Å². The standard InChI is InChI=1S/C23H23N3O4/c24-16-23(13-7-2-8-14-23)26-20(27)15-30-22(29)18-11-5-6-12-19(18)25-21(28)17-9-3-1-4-10-17/h1,3-6,9-12H,2,7-8,13-15H2,(H,25,28)(H,26,27). The van der Waals surface area contributed by atoms with Crippen molar-refractivity contribution in [3.05, 3.63) is 65.7 Å². The topological polar surface area (TPSA) is 108 Å². The Labute approximate surface area is 175 Å². The Morgan fingerprint density at radius 1 is 0.967 bits per heavy atom. The highest BCUT2D eigenvalue weighted by Gasteiger charge is 2.33. The molecule has 0 bridgehead atoms. The van der Waals surface area contributed by atoms with Gasteiger partial charge >= 0.3 is 5.97 Å². The number of amides is 2. The highest BCUT2D eigenvalue weighted by Crippen LogP contribution is 2.27. The average molecular weight is 405 g/mol. The van der Waals surface area contributed by atoms with Gasteiger partial charge in [-0.15, -0.1) is 0 Å². The van der Waals surface area contributed by atoms with Gasteiger partial charge in [-0.05, 0) is 37.1 Å². The van der Waals surface area contributed by atoms with Gasteiger partial charge in [0.1, 0.15) is 5.54 Å². The number of ether oxygens (including phenoxy) is 1. The van der Waals surface area contributed by atoms with E-state index in [2.05, 4.69) is 16.7 Å². The number of nitrogens with one attached hydrogen (secondary N) is 2. The molecule has 1 fully saturated rings. The summed E-state index contributed by atoms with van der Waals surface area (Å²) in [5, 5.41) is 14.9. The molecule has 1 saturated carbocycles. The number of carbonyl (C=O) groups excluding carboxylic acids is 3. The van der Waals surface area contributed by atoms with Crippen molar-refractivity contribution in [2.75, 3.05) is 11.9 Å². The van der Waals surface area contributed by atoms with Gasteiger partial charge in [-0.3, -0.25) is 9.59 Å². The second-order valence-electron chi connectivity index (χ2n) is 7.24. The van der Waals surface area contributed by atoms with Gasteiger partial charge in [0, 0.05) is 5.56 Å². The summed E-state index contributed by atoms with van der Waals surface area (Å²) in [5.41, 5.74) is -0.00217. The van der Waals surface area contributed by atoms with E-state index >= 15 is 0 Å². The van der Waals surface area contributed by atoms with Gasteiger partial charge in [0.2, 0.25) is 0 Å². The number of rotatable bonds is 6. The summed E-state index contributed by atoms with van der Waals surface area (Å²) in [5.74, 6) is -1.61. The van der Waals surface area contributed by atoms with Crippen LogP contribution in [0.4, 0.5) is 5.69 Å². The molecule has 0 spiro atoms. The van der Waals surface area contributed by atoms with Crippen LogP contribution >= 0.6 is 0 Å². The summed E-state index contributed by atoms with van der Waals surface area (Å²) in [6.45, 7) is -0.497. The third-order valence-corrected chi connectivity index (χ3v) is 5.07. The Morgan fingerprint density at radius 3 is 2.33 bits per heavy atom. The number of nitrogens with zero attached hydrogens (tertiary/aromatic N) is 1. The fraction of sp³-hybridized carbons (Fsp3) is 0.304. The zero-order valence-corrected chi connectivity index (χ0v) is 16.5. The molecule has 7 nitrogen and oxygen atoms in total. The maximum atomic E-state index is 12.5. The first-order valence-electron chi connectivity index (χ1n) is 9.88. The molecule has 30 heavy (non-hydrogen) atoms. The van der Waals surface area contributed by atoms with Crippen molar-refractivity contribution >= 4 is 23.5 Å². The van der Waals surface area contributed by atoms with Crippen LogP contribution < -0.4 is 10.6 Å². The number of esters is 1. The fourth-order valence-corrected chi connectivity index (χ4v) is 3.49. The van der Waals surface area contributed by atoms with Crippen LogP contribution in [0.1, 0.15) is 52.8 Å². The molecule has 0 unspecified atom stereocenters. The van der Waals surface area contributed by atoms with Crippen LogP contribution in [-0.4, -0.2) is 29.9 Å². The van der Waals surface area contributed by atoms with Crippen molar-refractivity contribution in [1.82, 2.24) is 5.32 Å². The molecule has 0 heterocycles. The van der Waals surface area contributed by atoms with Crippen molar-refractivity contribution < 1.29 is 19.1 Å². The van der Waals surface area contributed by atoms with Crippen LogP contribution in [0, 0.1) is 11.3 Å². The van der Waals surface area contributed by atoms with E-state index in [-0.39, 0.29) is 17.2 Å². The van der Waals surface area contributed by atoms with Gasteiger partial charge in [-0.25, -0.2) is 4.79 Å². The SMILES string of the molecule is N#CC1(NC(=O)COC(=O)c2ccccc2NC(=O)c2ccccc2)CCCCC1. The lowest BCUT2D eigenvalue weighted by atomic mass is 9.83. The average Bonchev–Trinajstić information content (AvgIpc) is 2.79. The smallest absolute Gasteiger partial charge is 0.340 e. The molecule has 0 atom stereocenters. The summed E-state index contributed by atoms with van der Waals surface area (Å²) in [4.78, 5) is 37.1. The largest absolute Gasteiger partial charge is 0.452 e. The van der Waals surface area contributed by atoms with E-state index in [1.165, 1.54) is 6.07 Å². The normalized spacial score (nSPS) is 14.8. The van der Waals surface area contributed by atoms with E-state index in [0.717, 1.165) is 19.3 Å². The van der Waals surface area contributed by atoms with Gasteiger partial charge in [0.15, 0.2) is 6.61 Å². The number of nitriles is 1. The molecule has 3 rings (SSSR count). The van der Waals surface area contributed by atoms with Crippen molar-refractivity contribution in [3.8, 4) is 6.07 Å². The molecule has 7 heteroatoms. The summed E-state index contributed by atoms with van der Waals surface area (Å²) in [7, 11) is 0. The number of carbonyl (C=O) groups is 3. The zero-order valence-electron chi connectivity index (χ0n) is 16.5. The van der Waals surface area contributed by atoms with E-state index in [9.17, 15) is 19.6 Å². The van der Waals surface area contributed by atoms with Crippen molar-refractivity contribution in [2.24, 2.45) is 0 Å².